The van der Waals surface area contributed by atoms with Crippen molar-refractivity contribution in [1.82, 2.24) is 0 Å². The molecule has 0 aliphatic carbocycles. The molecular formula is C8H9N2O3+. The maximum absolute atomic E-state index is 10.7. The van der Waals surface area contributed by atoms with Gasteiger partial charge in [0, 0.05) is 6.07 Å². The molecule has 3 N–H and O–H groups in total. The molecule has 0 unspecified atom stereocenters. The minimum atomic E-state index is -0.966. The highest BCUT2D eigenvalue weighted by Gasteiger charge is 2.09. The number of nitrogens with zero attached hydrogens (tertiary/aromatic N) is 1. The predicted octanol–water partition coefficient (Wildman–Crippen LogP) is -0.842. The second-order valence-corrected chi connectivity index (χ2v) is 2.52. The molecule has 0 aliphatic heterocycles. The van der Waals surface area contributed by atoms with Crippen molar-refractivity contribution in [2.45, 2.75) is 6.54 Å². The molecule has 1 heterocycles. The quantitative estimate of drug-likeness (QED) is 0.596. The number of carboxylic acids is 1. The van der Waals surface area contributed by atoms with E-state index in [0.29, 0.717) is 5.56 Å². The van der Waals surface area contributed by atoms with E-state index in [4.69, 9.17) is 10.8 Å². The molecule has 13 heavy (non-hydrogen) atoms. The summed E-state index contributed by atoms with van der Waals surface area (Å²) in [4.78, 5) is 21.0. The normalized spacial score (nSPS) is 9.54. The monoisotopic (exact) mass is 181 g/mol. The van der Waals surface area contributed by atoms with Crippen LogP contribution in [0.1, 0.15) is 10.4 Å². The molecule has 1 rings (SSSR count). The van der Waals surface area contributed by atoms with Crippen molar-refractivity contribution in [2.24, 2.45) is 5.73 Å². The van der Waals surface area contributed by atoms with Crippen LogP contribution in [0.3, 0.4) is 0 Å². The first-order chi connectivity index (χ1) is 6.09. The van der Waals surface area contributed by atoms with Crippen molar-refractivity contribution in [2.75, 3.05) is 0 Å². The van der Waals surface area contributed by atoms with Gasteiger partial charge in [-0.3, -0.25) is 4.79 Å². The lowest BCUT2D eigenvalue weighted by atomic mass is 10.3. The number of primary amides is 1. The third kappa shape index (κ3) is 2.55. The number of amides is 1. The largest absolute Gasteiger partial charge is 0.477 e. The number of carboxylic acid groups (broad SMARTS) is 1. The van der Waals surface area contributed by atoms with Crippen LogP contribution in [-0.4, -0.2) is 17.0 Å². The van der Waals surface area contributed by atoms with Crippen molar-refractivity contribution >= 4 is 11.9 Å². The van der Waals surface area contributed by atoms with Crippen molar-refractivity contribution in [3.8, 4) is 0 Å². The molecule has 68 valence electrons. The lowest BCUT2D eigenvalue weighted by Gasteiger charge is -1.94. The van der Waals surface area contributed by atoms with E-state index >= 15 is 0 Å². The van der Waals surface area contributed by atoms with Gasteiger partial charge in [-0.05, 0) is 6.07 Å². The third-order valence-electron chi connectivity index (χ3n) is 1.46. The van der Waals surface area contributed by atoms with Gasteiger partial charge in [-0.25, -0.2) is 4.79 Å². The van der Waals surface area contributed by atoms with Crippen LogP contribution in [0.5, 0.6) is 0 Å². The lowest BCUT2D eigenvalue weighted by Crippen LogP contribution is -2.38. The van der Waals surface area contributed by atoms with E-state index < -0.39 is 11.9 Å². The van der Waals surface area contributed by atoms with Gasteiger partial charge >= 0.3 is 5.97 Å². The molecule has 0 bridgehead atoms. The van der Waals surface area contributed by atoms with E-state index in [1.54, 1.807) is 12.3 Å². The Labute approximate surface area is 74.4 Å². The van der Waals surface area contributed by atoms with Gasteiger partial charge in [0.05, 0.1) is 0 Å². The molecule has 0 fully saturated rings. The Kier molecular flexibility index (Phi) is 2.59. The Morgan fingerprint density at radius 1 is 1.54 bits per heavy atom. The SMILES string of the molecule is NC(=O)c1ccc[n+](CC(=O)O)c1. The minimum absolute atomic E-state index is 0.179. The molecule has 5 nitrogen and oxygen atoms in total. The van der Waals surface area contributed by atoms with E-state index in [-0.39, 0.29) is 6.54 Å². The fourth-order valence-electron chi connectivity index (χ4n) is 0.922. The number of aliphatic carboxylic acids is 1. The summed E-state index contributed by atoms with van der Waals surface area (Å²) in [5.41, 5.74) is 5.31. The zero-order chi connectivity index (χ0) is 9.84. The second-order valence-electron chi connectivity index (χ2n) is 2.52. The lowest BCUT2D eigenvalue weighted by molar-refractivity contribution is -0.685. The van der Waals surface area contributed by atoms with Gasteiger partial charge in [-0.15, -0.1) is 0 Å². The molecule has 1 aromatic rings. The molecule has 0 saturated carbocycles. The summed E-state index contributed by atoms with van der Waals surface area (Å²) in [6.45, 7) is -0.179. The number of rotatable bonds is 3. The van der Waals surface area contributed by atoms with Crippen molar-refractivity contribution in [3.63, 3.8) is 0 Å². The molecular weight excluding hydrogens is 172 g/mol. The number of carbonyl (C=O) groups is 2. The van der Waals surface area contributed by atoms with Gasteiger partial charge in [0.1, 0.15) is 5.56 Å². The van der Waals surface area contributed by atoms with Gasteiger partial charge in [-0.2, -0.15) is 4.57 Å². The van der Waals surface area contributed by atoms with Crippen LogP contribution in [0.15, 0.2) is 24.5 Å². The standard InChI is InChI=1S/C8H8N2O3/c9-8(13)6-2-1-3-10(4-6)5-7(11)12/h1-4H,5H2,(H2-,9,11,12,13)/p+1. The van der Waals surface area contributed by atoms with Gasteiger partial charge in [0.2, 0.25) is 6.54 Å². The fraction of sp³-hybridized carbons (Fsp3) is 0.125. The minimum Gasteiger partial charge on any atom is -0.477 e. The Hall–Kier alpha value is -1.91. The average molecular weight is 181 g/mol. The highest BCUT2D eigenvalue weighted by atomic mass is 16.4. The third-order valence-corrected chi connectivity index (χ3v) is 1.46. The summed E-state index contributed by atoms with van der Waals surface area (Å²) in [7, 11) is 0. The van der Waals surface area contributed by atoms with Crippen LogP contribution >= 0.6 is 0 Å². The topological polar surface area (TPSA) is 84.3 Å². The highest BCUT2D eigenvalue weighted by Crippen LogP contribution is 1.91. The van der Waals surface area contributed by atoms with E-state index in [9.17, 15) is 9.59 Å². The zero-order valence-electron chi connectivity index (χ0n) is 6.80. The van der Waals surface area contributed by atoms with Crippen LogP contribution in [0, 0.1) is 0 Å². The number of aromatic nitrogens is 1. The van der Waals surface area contributed by atoms with E-state index in [0.717, 1.165) is 0 Å². The van der Waals surface area contributed by atoms with E-state index in [1.165, 1.54) is 16.8 Å². The predicted molar refractivity (Wildman–Crippen MR) is 42.8 cm³/mol. The van der Waals surface area contributed by atoms with Gasteiger partial charge in [-0.1, -0.05) is 0 Å². The van der Waals surface area contributed by atoms with E-state index in [1.807, 2.05) is 0 Å². The summed E-state index contributed by atoms with van der Waals surface area (Å²) in [5.74, 6) is -1.54. The Morgan fingerprint density at radius 2 is 2.23 bits per heavy atom. The number of carbonyl (C=O) groups excluding carboxylic acids is 1. The summed E-state index contributed by atoms with van der Waals surface area (Å²) in [5, 5.41) is 8.46. The molecule has 0 aromatic carbocycles. The van der Waals surface area contributed by atoms with Crippen molar-refractivity contribution in [3.05, 3.63) is 30.1 Å². The molecule has 0 atom stereocenters. The zero-order valence-corrected chi connectivity index (χ0v) is 6.80. The summed E-state index contributed by atoms with van der Waals surface area (Å²) in [6.07, 6.45) is 2.96. The van der Waals surface area contributed by atoms with Crippen molar-refractivity contribution in [1.29, 1.82) is 0 Å². The molecule has 1 amide bonds. The fourth-order valence-corrected chi connectivity index (χ4v) is 0.922. The van der Waals surface area contributed by atoms with Crippen LogP contribution < -0.4 is 10.3 Å². The number of hydrogen-bond acceptors (Lipinski definition) is 2. The maximum atomic E-state index is 10.7. The van der Waals surface area contributed by atoms with Gasteiger partial charge in [0.25, 0.3) is 5.91 Å². The molecule has 0 spiro atoms. The molecule has 1 aromatic heterocycles. The van der Waals surface area contributed by atoms with Gasteiger partial charge in [0.15, 0.2) is 12.4 Å². The Balaban J connectivity index is 2.91. The van der Waals surface area contributed by atoms with Crippen molar-refractivity contribution < 1.29 is 19.3 Å². The number of hydrogen-bond donors (Lipinski definition) is 2. The van der Waals surface area contributed by atoms with Gasteiger partial charge < -0.3 is 10.8 Å². The summed E-state index contributed by atoms with van der Waals surface area (Å²) < 4.78 is 1.38. The van der Waals surface area contributed by atoms with Crippen LogP contribution in [-0.2, 0) is 11.3 Å². The molecule has 0 saturated heterocycles. The smallest absolute Gasteiger partial charge is 0.370 e. The molecule has 0 aliphatic rings. The Bertz CT molecular complexity index is 349. The van der Waals surface area contributed by atoms with Crippen LogP contribution in [0.4, 0.5) is 0 Å². The summed E-state index contributed by atoms with van der Waals surface area (Å²) >= 11 is 0. The van der Waals surface area contributed by atoms with E-state index in [2.05, 4.69) is 0 Å². The second kappa shape index (κ2) is 3.66. The summed E-state index contributed by atoms with van der Waals surface area (Å²) in [6, 6.07) is 3.10. The molecule has 5 heteroatoms. The molecule has 0 radical (unpaired) electrons. The first-order valence-electron chi connectivity index (χ1n) is 3.60. The maximum Gasteiger partial charge on any atom is 0.370 e. The first kappa shape index (κ1) is 9.18. The van der Waals surface area contributed by atoms with Crippen LogP contribution in [0.2, 0.25) is 0 Å². The number of nitrogens with two attached hydrogens (primary N) is 1. The van der Waals surface area contributed by atoms with Crippen LogP contribution in [0.25, 0.3) is 0 Å². The Morgan fingerprint density at radius 3 is 2.77 bits per heavy atom. The average Bonchev–Trinajstić information content (AvgIpc) is 2.03. The number of pyridine rings is 1. The highest BCUT2D eigenvalue weighted by molar-refractivity contribution is 5.92. The first-order valence-corrected chi connectivity index (χ1v) is 3.60.